The summed E-state index contributed by atoms with van der Waals surface area (Å²) in [6.45, 7) is 0. The van der Waals surface area contributed by atoms with Crippen molar-refractivity contribution < 1.29 is 19.4 Å². The highest BCUT2D eigenvalue weighted by molar-refractivity contribution is 5.90. The maximum absolute atomic E-state index is 11.8. The first-order valence-corrected chi connectivity index (χ1v) is 6.23. The number of methoxy groups -OCH3 is 1. The number of nitrogens with zero attached hydrogens (tertiary/aromatic N) is 2. The van der Waals surface area contributed by atoms with Crippen LogP contribution in [0.15, 0.2) is 36.5 Å². The molecule has 0 radical (unpaired) electrons. The van der Waals surface area contributed by atoms with E-state index in [2.05, 4.69) is 9.84 Å². The molecule has 1 aromatic carbocycles. The molecule has 0 amide bonds. The number of aromatic nitrogens is 2. The lowest BCUT2D eigenvalue weighted by atomic mass is 10.1. The minimum atomic E-state index is -1.15. The third kappa shape index (κ3) is 3.09. The summed E-state index contributed by atoms with van der Waals surface area (Å²) >= 11 is 0. The Morgan fingerprint density at radius 3 is 2.62 bits per heavy atom. The van der Waals surface area contributed by atoms with Crippen LogP contribution in [-0.4, -0.2) is 40.0 Å². The number of carboxylic acid groups (broad SMARTS) is 1. The summed E-state index contributed by atoms with van der Waals surface area (Å²) in [5.74, 6) is -1.73. The van der Waals surface area contributed by atoms with Crippen LogP contribution < -0.4 is 5.73 Å². The zero-order chi connectivity index (χ0) is 15.4. The number of rotatable bonds is 5. The highest BCUT2D eigenvalue weighted by Gasteiger charge is 2.23. The van der Waals surface area contributed by atoms with Gasteiger partial charge < -0.3 is 15.6 Å². The summed E-state index contributed by atoms with van der Waals surface area (Å²) in [6, 6.07) is 7.93. The van der Waals surface area contributed by atoms with Crippen molar-refractivity contribution in [3.05, 3.63) is 47.8 Å². The number of nitrogens with two attached hydrogens (primary N) is 1. The van der Waals surface area contributed by atoms with Crippen LogP contribution >= 0.6 is 0 Å². The van der Waals surface area contributed by atoms with Gasteiger partial charge in [0.25, 0.3) is 0 Å². The van der Waals surface area contributed by atoms with Crippen LogP contribution in [0.3, 0.4) is 0 Å². The molecule has 7 nitrogen and oxygen atoms in total. The van der Waals surface area contributed by atoms with Gasteiger partial charge in [0.05, 0.1) is 24.7 Å². The molecule has 0 aliphatic rings. The van der Waals surface area contributed by atoms with Crippen molar-refractivity contribution >= 4 is 11.9 Å². The number of benzene rings is 1. The van der Waals surface area contributed by atoms with Crippen molar-refractivity contribution in [2.45, 2.75) is 12.5 Å². The molecule has 0 aliphatic carbocycles. The topological polar surface area (TPSA) is 107 Å². The number of para-hydroxylation sites is 1. The van der Waals surface area contributed by atoms with Gasteiger partial charge >= 0.3 is 11.9 Å². The summed E-state index contributed by atoms with van der Waals surface area (Å²) in [5, 5.41) is 13.1. The third-order valence-electron chi connectivity index (χ3n) is 3.01. The molecule has 2 rings (SSSR count). The molecule has 0 aliphatic heterocycles. The maximum Gasteiger partial charge on any atom is 0.341 e. The Hall–Kier alpha value is -2.67. The van der Waals surface area contributed by atoms with E-state index in [1.54, 1.807) is 12.1 Å². The Labute approximate surface area is 120 Å². The molecule has 21 heavy (non-hydrogen) atoms. The summed E-state index contributed by atoms with van der Waals surface area (Å²) in [4.78, 5) is 22.7. The van der Waals surface area contributed by atoms with Crippen LogP contribution in [0.5, 0.6) is 0 Å². The molecule has 1 heterocycles. The van der Waals surface area contributed by atoms with Crippen molar-refractivity contribution in [2.24, 2.45) is 5.73 Å². The molecular weight excluding hydrogens is 274 g/mol. The lowest BCUT2D eigenvalue weighted by molar-refractivity contribution is -0.138. The maximum atomic E-state index is 11.8. The summed E-state index contributed by atoms with van der Waals surface area (Å²) in [6.07, 6.45) is 1.32. The van der Waals surface area contributed by atoms with E-state index in [9.17, 15) is 9.59 Å². The zero-order valence-electron chi connectivity index (χ0n) is 11.4. The molecule has 1 atom stereocenters. The highest BCUT2D eigenvalue weighted by atomic mass is 16.5. The van der Waals surface area contributed by atoms with Crippen LogP contribution in [0.25, 0.3) is 5.69 Å². The molecule has 0 fully saturated rings. The summed E-state index contributed by atoms with van der Waals surface area (Å²) in [5.41, 5.74) is 6.89. The summed E-state index contributed by atoms with van der Waals surface area (Å²) in [7, 11) is 1.25. The predicted molar refractivity (Wildman–Crippen MR) is 74.2 cm³/mol. The van der Waals surface area contributed by atoms with E-state index in [1.807, 2.05) is 18.2 Å². The third-order valence-corrected chi connectivity index (χ3v) is 3.01. The van der Waals surface area contributed by atoms with E-state index >= 15 is 0 Å². The Balaban J connectivity index is 2.48. The standard InChI is InChI=1S/C14H15N3O4/c1-21-14(20)10-8-16-17(9-5-3-2-4-6-9)12(10)7-11(15)13(18)19/h2-6,8,11H,7,15H2,1H3,(H,18,19)/t11-/m0/s1. The molecule has 0 unspecified atom stereocenters. The van der Waals surface area contributed by atoms with E-state index in [1.165, 1.54) is 18.0 Å². The molecule has 1 aromatic heterocycles. The van der Waals surface area contributed by atoms with Crippen LogP contribution in [0.1, 0.15) is 16.1 Å². The van der Waals surface area contributed by atoms with E-state index in [0.717, 1.165) is 0 Å². The Kier molecular flexibility index (Phi) is 4.34. The summed E-state index contributed by atoms with van der Waals surface area (Å²) < 4.78 is 6.18. The van der Waals surface area contributed by atoms with Crippen molar-refractivity contribution in [2.75, 3.05) is 7.11 Å². The molecule has 3 N–H and O–H groups in total. The highest BCUT2D eigenvalue weighted by Crippen LogP contribution is 2.17. The van der Waals surface area contributed by atoms with Gasteiger partial charge in [-0.1, -0.05) is 18.2 Å². The number of hydrogen-bond acceptors (Lipinski definition) is 5. The van der Waals surface area contributed by atoms with Crippen LogP contribution in [-0.2, 0) is 16.0 Å². The van der Waals surface area contributed by atoms with Gasteiger partial charge in [0.15, 0.2) is 0 Å². The van der Waals surface area contributed by atoms with Gasteiger partial charge in [-0.2, -0.15) is 5.10 Å². The first-order valence-electron chi connectivity index (χ1n) is 6.23. The van der Waals surface area contributed by atoms with Crippen LogP contribution in [0.4, 0.5) is 0 Å². The Morgan fingerprint density at radius 2 is 2.05 bits per heavy atom. The van der Waals surface area contributed by atoms with Crippen molar-refractivity contribution in [3.8, 4) is 5.69 Å². The number of aliphatic carboxylic acids is 1. The predicted octanol–water partition coefficient (Wildman–Crippen LogP) is 0.613. The number of ether oxygens (including phenoxy) is 1. The smallest absolute Gasteiger partial charge is 0.341 e. The number of carbonyl (C=O) groups is 2. The number of esters is 1. The van der Waals surface area contributed by atoms with Crippen LogP contribution in [0, 0.1) is 0 Å². The molecule has 2 aromatic rings. The fraction of sp³-hybridized carbons (Fsp3) is 0.214. The van der Waals surface area contributed by atoms with Gasteiger partial charge in [-0.25, -0.2) is 9.48 Å². The van der Waals surface area contributed by atoms with Crippen molar-refractivity contribution in [1.29, 1.82) is 0 Å². The Morgan fingerprint density at radius 1 is 1.38 bits per heavy atom. The lowest BCUT2D eigenvalue weighted by Crippen LogP contribution is -2.33. The monoisotopic (exact) mass is 289 g/mol. The van der Waals surface area contributed by atoms with E-state index in [4.69, 9.17) is 10.8 Å². The van der Waals surface area contributed by atoms with Gasteiger partial charge in [0.1, 0.15) is 11.6 Å². The van der Waals surface area contributed by atoms with Crippen molar-refractivity contribution in [1.82, 2.24) is 9.78 Å². The van der Waals surface area contributed by atoms with E-state index < -0.39 is 18.0 Å². The molecule has 0 bridgehead atoms. The molecule has 0 saturated heterocycles. The molecule has 0 saturated carbocycles. The molecule has 0 spiro atoms. The number of carboxylic acids is 1. The average Bonchev–Trinajstić information content (AvgIpc) is 2.90. The largest absolute Gasteiger partial charge is 0.480 e. The van der Waals surface area contributed by atoms with Gasteiger partial charge in [-0.3, -0.25) is 4.79 Å². The first-order chi connectivity index (χ1) is 10.0. The molecule has 7 heteroatoms. The normalized spacial score (nSPS) is 11.9. The second kappa shape index (κ2) is 6.19. The van der Waals surface area contributed by atoms with E-state index in [-0.39, 0.29) is 12.0 Å². The molecular formula is C14H15N3O4. The quantitative estimate of drug-likeness (QED) is 0.781. The van der Waals surface area contributed by atoms with Crippen molar-refractivity contribution in [3.63, 3.8) is 0 Å². The van der Waals surface area contributed by atoms with E-state index in [0.29, 0.717) is 11.4 Å². The fourth-order valence-corrected chi connectivity index (χ4v) is 1.94. The zero-order valence-corrected chi connectivity index (χ0v) is 11.4. The second-order valence-electron chi connectivity index (χ2n) is 4.39. The SMILES string of the molecule is COC(=O)c1cnn(-c2ccccc2)c1C[C@H](N)C(=O)O. The number of carbonyl (C=O) groups excluding carboxylic acids is 1. The number of hydrogen-bond donors (Lipinski definition) is 2. The van der Waals surface area contributed by atoms with Gasteiger partial charge in [0, 0.05) is 6.42 Å². The second-order valence-corrected chi connectivity index (χ2v) is 4.39. The van der Waals surface area contributed by atoms with Gasteiger partial charge in [0.2, 0.25) is 0 Å². The average molecular weight is 289 g/mol. The van der Waals surface area contributed by atoms with Gasteiger partial charge in [-0.05, 0) is 12.1 Å². The first kappa shape index (κ1) is 14.7. The molecule has 110 valence electrons. The lowest BCUT2D eigenvalue weighted by Gasteiger charge is -2.11. The van der Waals surface area contributed by atoms with Crippen LogP contribution in [0.2, 0.25) is 0 Å². The fourth-order valence-electron chi connectivity index (χ4n) is 1.94. The minimum Gasteiger partial charge on any atom is -0.480 e. The Bertz CT molecular complexity index is 651. The minimum absolute atomic E-state index is 0.0331. The van der Waals surface area contributed by atoms with Gasteiger partial charge in [-0.15, -0.1) is 0 Å².